The van der Waals surface area contributed by atoms with Crippen molar-refractivity contribution in [1.29, 1.82) is 0 Å². The molecule has 0 saturated heterocycles. The van der Waals surface area contributed by atoms with E-state index >= 15 is 0 Å². The summed E-state index contributed by atoms with van der Waals surface area (Å²) in [5, 5.41) is 0. The first-order chi connectivity index (χ1) is 5.38. The van der Waals surface area contributed by atoms with Crippen LogP contribution >= 0.6 is 8.69 Å². The fraction of sp³-hybridized carbons (Fsp3) is 0.250. The van der Waals surface area contributed by atoms with Crippen LogP contribution in [0.1, 0.15) is 12.5 Å². The Kier molecular flexibility index (Phi) is 6.02. The van der Waals surface area contributed by atoms with Crippen molar-refractivity contribution >= 4 is 26.0 Å². The monoisotopic (exact) mass is 195 g/mol. The predicted molar refractivity (Wildman–Crippen MR) is 49.8 cm³/mol. The molecule has 0 saturated carbocycles. The number of aryl methyl sites for hydroxylation is 1. The highest BCUT2D eigenvalue weighted by Crippen LogP contribution is 2.21. The lowest BCUT2D eigenvalue weighted by molar-refractivity contribution is 0.522. The van der Waals surface area contributed by atoms with E-state index in [-0.39, 0.29) is 26.0 Å². The second kappa shape index (κ2) is 6.20. The van der Waals surface area contributed by atoms with Gasteiger partial charge in [0.25, 0.3) is 0 Å². The third kappa shape index (κ3) is 2.95. The number of para-hydroxylation sites is 1. The van der Waals surface area contributed by atoms with Gasteiger partial charge in [0, 0.05) is 17.4 Å². The molecule has 0 fully saturated rings. The third-order valence-corrected chi connectivity index (χ3v) is 1.76. The van der Waals surface area contributed by atoms with Gasteiger partial charge in [-0.2, -0.15) is 0 Å². The van der Waals surface area contributed by atoms with Gasteiger partial charge in [-0.05, 0) is 18.1 Å². The van der Waals surface area contributed by atoms with Crippen molar-refractivity contribution in [3.8, 4) is 5.75 Å². The maximum absolute atomic E-state index is 10.1. The van der Waals surface area contributed by atoms with Gasteiger partial charge in [0.1, 0.15) is 5.75 Å². The maximum Gasteiger partial charge on any atom is 0.395 e. The van der Waals surface area contributed by atoms with Crippen molar-refractivity contribution in [2.24, 2.45) is 0 Å². The lowest BCUT2D eigenvalue weighted by Crippen LogP contribution is -1.84. The molecule has 4 heteroatoms. The standard InChI is InChI=1S/C8H9O2P.Al/c1-2-7-5-3-4-6-8(7)10-11-9;/h3-6H,2H2,1H3;. The van der Waals surface area contributed by atoms with Crippen molar-refractivity contribution < 1.29 is 9.09 Å². The minimum Gasteiger partial charge on any atom is -0.407 e. The molecule has 1 rings (SSSR count). The molecule has 0 aliphatic carbocycles. The second-order valence-corrected chi connectivity index (χ2v) is 2.46. The molecule has 61 valence electrons. The Morgan fingerprint density at radius 3 is 2.67 bits per heavy atom. The van der Waals surface area contributed by atoms with E-state index < -0.39 is 0 Å². The molecule has 12 heavy (non-hydrogen) atoms. The fourth-order valence-electron chi connectivity index (χ4n) is 0.925. The Morgan fingerprint density at radius 1 is 1.42 bits per heavy atom. The van der Waals surface area contributed by atoms with E-state index in [0.29, 0.717) is 5.75 Å². The molecule has 0 N–H and O–H groups in total. The van der Waals surface area contributed by atoms with Gasteiger partial charge in [0.15, 0.2) is 0 Å². The van der Waals surface area contributed by atoms with Gasteiger partial charge in [-0.3, -0.25) is 0 Å². The molecular formula is C8H9AlO2P. The van der Waals surface area contributed by atoms with Crippen LogP contribution < -0.4 is 4.52 Å². The van der Waals surface area contributed by atoms with Crippen molar-refractivity contribution in [2.75, 3.05) is 0 Å². The Labute approximate surface area is 84.4 Å². The van der Waals surface area contributed by atoms with Crippen LogP contribution in [0.3, 0.4) is 0 Å². The SMILES string of the molecule is CCc1ccccc1OP=O.[Al]. The molecule has 1 aromatic rings. The molecule has 3 radical (unpaired) electrons. The van der Waals surface area contributed by atoms with Crippen molar-refractivity contribution in [1.82, 2.24) is 0 Å². The summed E-state index contributed by atoms with van der Waals surface area (Å²) in [4.78, 5) is 0. The van der Waals surface area contributed by atoms with Crippen LogP contribution in [0.15, 0.2) is 24.3 Å². The molecule has 0 amide bonds. The summed E-state index contributed by atoms with van der Waals surface area (Å²) >= 11 is 0. The fourth-order valence-corrected chi connectivity index (χ4v) is 1.18. The van der Waals surface area contributed by atoms with Gasteiger partial charge in [-0.25, -0.2) is 4.57 Å². The Bertz CT molecular complexity index is 253. The van der Waals surface area contributed by atoms with Crippen LogP contribution in [0.25, 0.3) is 0 Å². The third-order valence-electron chi connectivity index (χ3n) is 1.49. The first-order valence-corrected chi connectivity index (χ1v) is 4.19. The van der Waals surface area contributed by atoms with E-state index in [1.807, 2.05) is 31.2 Å². The number of benzene rings is 1. The quantitative estimate of drug-likeness (QED) is 0.547. The molecule has 2 nitrogen and oxygen atoms in total. The van der Waals surface area contributed by atoms with E-state index in [1.54, 1.807) is 0 Å². The lowest BCUT2D eigenvalue weighted by atomic mass is 10.1. The summed E-state index contributed by atoms with van der Waals surface area (Å²) in [6, 6.07) is 7.57. The minimum atomic E-state index is -0.291. The van der Waals surface area contributed by atoms with Crippen LogP contribution in [-0.4, -0.2) is 17.4 Å². The Hall–Kier alpha value is -0.348. The van der Waals surface area contributed by atoms with Gasteiger partial charge < -0.3 is 4.52 Å². The highest BCUT2D eigenvalue weighted by Gasteiger charge is 1.98. The second-order valence-electron chi connectivity index (χ2n) is 2.13. The molecule has 0 unspecified atom stereocenters. The van der Waals surface area contributed by atoms with Crippen LogP contribution in [-0.2, 0) is 11.0 Å². The number of hydrogen-bond acceptors (Lipinski definition) is 2. The number of rotatable bonds is 3. The van der Waals surface area contributed by atoms with E-state index in [9.17, 15) is 4.57 Å². The number of hydrogen-bond donors (Lipinski definition) is 0. The zero-order valence-electron chi connectivity index (χ0n) is 6.86. The van der Waals surface area contributed by atoms with Gasteiger partial charge in [0.05, 0.1) is 0 Å². The minimum absolute atomic E-state index is 0. The van der Waals surface area contributed by atoms with Crippen LogP contribution in [0.2, 0.25) is 0 Å². The summed E-state index contributed by atoms with van der Waals surface area (Å²) in [6.45, 7) is 2.03. The van der Waals surface area contributed by atoms with Gasteiger partial charge in [-0.15, -0.1) is 0 Å². The lowest BCUT2D eigenvalue weighted by Gasteiger charge is -2.01. The first-order valence-electron chi connectivity index (χ1n) is 3.46. The molecule has 0 spiro atoms. The van der Waals surface area contributed by atoms with E-state index in [2.05, 4.69) is 0 Å². The summed E-state index contributed by atoms with van der Waals surface area (Å²) in [5.41, 5.74) is 1.08. The molecule has 0 bridgehead atoms. The van der Waals surface area contributed by atoms with Crippen molar-refractivity contribution in [2.45, 2.75) is 13.3 Å². The predicted octanol–water partition coefficient (Wildman–Crippen LogP) is 2.45. The molecule has 0 aromatic heterocycles. The summed E-state index contributed by atoms with van der Waals surface area (Å²) in [5.74, 6) is 0.701. The summed E-state index contributed by atoms with van der Waals surface area (Å²) < 4.78 is 15.0. The molecule has 0 heterocycles. The molecule has 0 atom stereocenters. The Morgan fingerprint density at radius 2 is 2.08 bits per heavy atom. The molecule has 0 aliphatic heterocycles. The Balaban J connectivity index is 0.00000121. The van der Waals surface area contributed by atoms with Crippen molar-refractivity contribution in [3.05, 3.63) is 29.8 Å². The zero-order valence-corrected chi connectivity index (χ0v) is 8.91. The molecule has 1 aromatic carbocycles. The average Bonchev–Trinajstić information content (AvgIpc) is 2.06. The highest BCUT2D eigenvalue weighted by molar-refractivity contribution is 7.17. The van der Waals surface area contributed by atoms with Crippen molar-refractivity contribution in [3.63, 3.8) is 0 Å². The van der Waals surface area contributed by atoms with Gasteiger partial charge in [0.2, 0.25) is 0 Å². The van der Waals surface area contributed by atoms with E-state index in [0.717, 1.165) is 12.0 Å². The van der Waals surface area contributed by atoms with Gasteiger partial charge >= 0.3 is 8.69 Å². The molecule has 0 aliphatic rings. The topological polar surface area (TPSA) is 26.3 Å². The first kappa shape index (κ1) is 11.7. The highest BCUT2D eigenvalue weighted by atomic mass is 31.1. The van der Waals surface area contributed by atoms with Crippen LogP contribution in [0.4, 0.5) is 0 Å². The van der Waals surface area contributed by atoms with E-state index in [4.69, 9.17) is 4.52 Å². The normalized spacial score (nSPS) is 9.08. The van der Waals surface area contributed by atoms with Gasteiger partial charge in [-0.1, -0.05) is 25.1 Å². The zero-order chi connectivity index (χ0) is 8.10. The molecular weight excluding hydrogens is 186 g/mol. The van der Waals surface area contributed by atoms with E-state index in [1.165, 1.54) is 0 Å². The maximum atomic E-state index is 10.1. The largest absolute Gasteiger partial charge is 0.407 e. The van der Waals surface area contributed by atoms with Crippen LogP contribution in [0.5, 0.6) is 5.75 Å². The summed E-state index contributed by atoms with van der Waals surface area (Å²) in [7, 11) is -0.291. The average molecular weight is 195 g/mol. The van der Waals surface area contributed by atoms with Crippen LogP contribution in [0, 0.1) is 0 Å². The summed E-state index contributed by atoms with van der Waals surface area (Å²) in [6.07, 6.45) is 0.895. The smallest absolute Gasteiger partial charge is 0.395 e.